The Kier molecular flexibility index (Phi) is 7.52. The first kappa shape index (κ1) is 27.1. The molecule has 0 bridgehead atoms. The van der Waals surface area contributed by atoms with E-state index in [0.29, 0.717) is 0 Å². The van der Waals surface area contributed by atoms with Crippen LogP contribution in [-0.4, -0.2) is 41.6 Å². The van der Waals surface area contributed by atoms with Crippen LogP contribution >= 0.6 is 0 Å². The van der Waals surface area contributed by atoms with Crippen molar-refractivity contribution >= 4 is 31.8 Å². The largest absolute Gasteiger partial charge is 0.361 e. The molecule has 5 nitrogen and oxygen atoms in total. The van der Waals surface area contributed by atoms with Gasteiger partial charge in [-0.25, -0.2) is 12.4 Å². The SMILES string of the molecule is CS(=O)(=O)n1ccc2cc(C3(Cc4ccccc4)CCN(Cc4ccccc4)C3)ccc21.c1ccc2[nH]ccc2c1. The van der Waals surface area contributed by atoms with Crippen LogP contribution in [0.25, 0.3) is 21.8 Å². The molecule has 0 amide bonds. The molecule has 0 saturated carbocycles. The van der Waals surface area contributed by atoms with Gasteiger partial charge in [-0.2, -0.15) is 0 Å². The maximum Gasteiger partial charge on any atom is 0.236 e. The zero-order valence-corrected chi connectivity index (χ0v) is 24.1. The predicted molar refractivity (Wildman–Crippen MR) is 169 cm³/mol. The topological polar surface area (TPSA) is 58.1 Å². The van der Waals surface area contributed by atoms with Crippen LogP contribution in [0.5, 0.6) is 0 Å². The third-order valence-electron chi connectivity index (χ3n) is 8.15. The summed E-state index contributed by atoms with van der Waals surface area (Å²) in [6, 6.07) is 39.8. The molecule has 1 aliphatic rings. The summed E-state index contributed by atoms with van der Waals surface area (Å²) in [4.78, 5) is 5.67. The van der Waals surface area contributed by atoms with Crippen LogP contribution < -0.4 is 0 Å². The van der Waals surface area contributed by atoms with E-state index in [-0.39, 0.29) is 5.41 Å². The highest BCUT2D eigenvalue weighted by Crippen LogP contribution is 2.40. The van der Waals surface area contributed by atoms with Crippen molar-refractivity contribution in [2.75, 3.05) is 19.3 Å². The first-order valence-electron chi connectivity index (χ1n) is 14.0. The normalized spacial score (nSPS) is 17.5. The number of benzene rings is 4. The van der Waals surface area contributed by atoms with E-state index in [9.17, 15) is 8.42 Å². The van der Waals surface area contributed by atoms with E-state index in [1.165, 1.54) is 37.8 Å². The molecule has 2 aromatic heterocycles. The Morgan fingerprint density at radius 1 is 0.780 bits per heavy atom. The van der Waals surface area contributed by atoms with Crippen molar-refractivity contribution in [3.05, 3.63) is 144 Å². The summed E-state index contributed by atoms with van der Waals surface area (Å²) in [5.41, 5.74) is 5.90. The number of rotatable bonds is 6. The van der Waals surface area contributed by atoms with Crippen LogP contribution in [0.3, 0.4) is 0 Å². The highest BCUT2D eigenvalue weighted by Gasteiger charge is 2.39. The fourth-order valence-electron chi connectivity index (χ4n) is 6.13. The van der Waals surface area contributed by atoms with E-state index < -0.39 is 10.0 Å². The van der Waals surface area contributed by atoms with E-state index in [1.54, 1.807) is 6.20 Å². The minimum absolute atomic E-state index is 0.00247. The second kappa shape index (κ2) is 11.4. The average molecular weight is 562 g/mol. The molecular weight excluding hydrogens is 526 g/mol. The summed E-state index contributed by atoms with van der Waals surface area (Å²) in [5, 5.41) is 2.25. The summed E-state index contributed by atoms with van der Waals surface area (Å²) < 4.78 is 25.6. The number of H-pyrrole nitrogens is 1. The lowest BCUT2D eigenvalue weighted by atomic mass is 9.74. The Bertz CT molecular complexity index is 1830. The second-order valence-corrected chi connectivity index (χ2v) is 13.0. The molecule has 1 unspecified atom stereocenters. The standard InChI is InChI=1S/C27H28N2O2S.C8H7N/c1-32(30,31)29-16-14-24-18-25(12-13-26(24)29)27(19-22-8-4-2-5-9-22)15-17-28(21-27)20-23-10-6-3-7-11-23;1-2-4-8-7(3-1)5-6-9-8/h2-14,16,18H,15,17,19-21H2,1H3;1-6,9H. The lowest BCUT2D eigenvalue weighted by molar-refractivity contribution is 0.301. The molecule has 1 fully saturated rings. The first-order chi connectivity index (χ1) is 19.9. The number of hydrogen-bond donors (Lipinski definition) is 1. The van der Waals surface area contributed by atoms with Crippen LogP contribution in [-0.2, 0) is 28.4 Å². The Hall–Kier alpha value is -4.13. The Morgan fingerprint density at radius 2 is 1.49 bits per heavy atom. The maximum atomic E-state index is 12.1. The van der Waals surface area contributed by atoms with Crippen LogP contribution in [0.2, 0.25) is 0 Å². The van der Waals surface area contributed by atoms with Gasteiger partial charge in [-0.05, 0) is 71.8 Å². The van der Waals surface area contributed by atoms with Gasteiger partial charge < -0.3 is 4.98 Å². The summed E-state index contributed by atoms with van der Waals surface area (Å²) >= 11 is 0. The van der Waals surface area contributed by atoms with Gasteiger partial charge in [-0.15, -0.1) is 0 Å². The number of aromatic nitrogens is 2. The molecule has 208 valence electrons. The number of aromatic amines is 1. The maximum absolute atomic E-state index is 12.1. The number of hydrogen-bond acceptors (Lipinski definition) is 3. The first-order valence-corrected chi connectivity index (χ1v) is 15.9. The summed E-state index contributed by atoms with van der Waals surface area (Å²) in [6.45, 7) is 2.98. The number of nitrogens with one attached hydrogen (secondary N) is 1. The van der Waals surface area contributed by atoms with E-state index in [2.05, 4.69) is 101 Å². The third-order valence-corrected chi connectivity index (χ3v) is 9.19. The van der Waals surface area contributed by atoms with Crippen molar-refractivity contribution < 1.29 is 8.42 Å². The average Bonchev–Trinajstić information content (AvgIpc) is 3.73. The van der Waals surface area contributed by atoms with E-state index >= 15 is 0 Å². The Morgan fingerprint density at radius 3 is 2.22 bits per heavy atom. The highest BCUT2D eigenvalue weighted by atomic mass is 32.2. The van der Waals surface area contributed by atoms with Crippen molar-refractivity contribution in [1.82, 2.24) is 13.9 Å². The summed E-state index contributed by atoms with van der Waals surface area (Å²) in [7, 11) is -3.32. The third kappa shape index (κ3) is 5.99. The lowest BCUT2D eigenvalue weighted by Gasteiger charge is -2.31. The minimum Gasteiger partial charge on any atom is -0.361 e. The zero-order valence-electron chi connectivity index (χ0n) is 23.3. The molecule has 7 rings (SSSR count). The van der Waals surface area contributed by atoms with Crippen molar-refractivity contribution in [3.8, 4) is 0 Å². The van der Waals surface area contributed by atoms with Gasteiger partial charge in [0.15, 0.2) is 0 Å². The fourth-order valence-corrected chi connectivity index (χ4v) is 6.94. The van der Waals surface area contributed by atoms with E-state index in [1.807, 2.05) is 30.5 Å². The van der Waals surface area contributed by atoms with E-state index in [0.717, 1.165) is 43.4 Å². The summed E-state index contributed by atoms with van der Waals surface area (Å²) in [6.07, 6.45) is 6.90. The molecule has 6 heteroatoms. The van der Waals surface area contributed by atoms with Gasteiger partial charge in [0.2, 0.25) is 10.0 Å². The molecule has 0 spiro atoms. The fraction of sp³-hybridized carbons (Fsp3) is 0.200. The number of fused-ring (bicyclic) bond motifs is 2. The monoisotopic (exact) mass is 561 g/mol. The van der Waals surface area contributed by atoms with Crippen molar-refractivity contribution in [3.63, 3.8) is 0 Å². The molecule has 1 atom stereocenters. The molecule has 3 heterocycles. The van der Waals surface area contributed by atoms with Gasteiger partial charge in [0.05, 0.1) is 11.8 Å². The van der Waals surface area contributed by atoms with Crippen LogP contribution in [0.4, 0.5) is 0 Å². The minimum atomic E-state index is -3.32. The Labute approximate surface area is 242 Å². The smallest absolute Gasteiger partial charge is 0.236 e. The molecular formula is C35H35N3O2S. The lowest BCUT2D eigenvalue weighted by Crippen LogP contribution is -2.33. The molecule has 1 N–H and O–H groups in total. The van der Waals surface area contributed by atoms with Gasteiger partial charge in [-0.3, -0.25) is 4.90 Å². The second-order valence-electron chi connectivity index (χ2n) is 11.1. The van der Waals surface area contributed by atoms with Gasteiger partial charge in [0.1, 0.15) is 0 Å². The van der Waals surface area contributed by atoms with Gasteiger partial charge in [-0.1, -0.05) is 84.9 Å². The molecule has 41 heavy (non-hydrogen) atoms. The van der Waals surface area contributed by atoms with Crippen molar-refractivity contribution in [1.29, 1.82) is 0 Å². The Balaban J connectivity index is 0.000000283. The van der Waals surface area contributed by atoms with Crippen molar-refractivity contribution in [2.24, 2.45) is 0 Å². The van der Waals surface area contributed by atoms with Crippen LogP contribution in [0, 0.1) is 0 Å². The van der Waals surface area contributed by atoms with Crippen LogP contribution in [0.15, 0.2) is 128 Å². The summed E-state index contributed by atoms with van der Waals surface area (Å²) in [5.74, 6) is 0. The molecule has 0 aliphatic carbocycles. The van der Waals surface area contributed by atoms with Gasteiger partial charge in [0.25, 0.3) is 0 Å². The molecule has 6 aromatic rings. The van der Waals surface area contributed by atoms with E-state index in [4.69, 9.17) is 0 Å². The van der Waals surface area contributed by atoms with Crippen molar-refractivity contribution in [2.45, 2.75) is 24.8 Å². The van der Waals surface area contributed by atoms with Gasteiger partial charge in [0, 0.05) is 41.8 Å². The zero-order chi connectivity index (χ0) is 28.3. The van der Waals surface area contributed by atoms with Gasteiger partial charge >= 0.3 is 0 Å². The molecule has 0 radical (unpaired) electrons. The van der Waals surface area contributed by atoms with Crippen LogP contribution in [0.1, 0.15) is 23.1 Å². The molecule has 1 aliphatic heterocycles. The molecule has 1 saturated heterocycles. The number of likely N-dealkylation sites (tertiary alicyclic amines) is 1. The predicted octanol–water partition coefficient (Wildman–Crippen LogP) is 7.00. The molecule has 4 aromatic carbocycles. The number of para-hydroxylation sites is 1. The quantitative estimate of drug-likeness (QED) is 0.238. The number of nitrogens with zero attached hydrogens (tertiary/aromatic N) is 2. The highest BCUT2D eigenvalue weighted by molar-refractivity contribution is 7.89.